The van der Waals surface area contributed by atoms with Crippen molar-refractivity contribution in [1.29, 1.82) is 0 Å². The number of carbonyl (C=O) groups is 1. The largest absolute Gasteiger partial charge is 0.488 e. The van der Waals surface area contributed by atoms with Crippen molar-refractivity contribution in [2.45, 2.75) is 18.6 Å². The summed E-state index contributed by atoms with van der Waals surface area (Å²) >= 11 is 1.89. The zero-order valence-electron chi connectivity index (χ0n) is 10.5. The van der Waals surface area contributed by atoms with E-state index in [1.807, 2.05) is 36.0 Å². The highest BCUT2D eigenvalue weighted by Crippen LogP contribution is 2.35. The highest BCUT2D eigenvalue weighted by atomic mass is 32.2. The number of hydrogen-bond donors (Lipinski definition) is 2. The zero-order chi connectivity index (χ0) is 13.2. The summed E-state index contributed by atoms with van der Waals surface area (Å²) in [7, 11) is 0. The molecule has 0 aromatic heterocycles. The number of ether oxygens (including phenoxy) is 1. The number of carboxylic acid groups (broad SMARTS) is 1. The number of aliphatic carboxylic acids is 1. The lowest BCUT2D eigenvalue weighted by atomic mass is 9.99. The Morgan fingerprint density at radius 2 is 2.16 bits per heavy atom. The molecule has 0 saturated carbocycles. The summed E-state index contributed by atoms with van der Waals surface area (Å²) in [4.78, 5) is 11.0. The molecule has 0 radical (unpaired) electrons. The maximum atomic E-state index is 11.0. The van der Waals surface area contributed by atoms with Gasteiger partial charge in [-0.2, -0.15) is 11.8 Å². The van der Waals surface area contributed by atoms with Gasteiger partial charge >= 0.3 is 5.97 Å². The Bertz CT molecular complexity index is 476. The Kier molecular flexibility index (Phi) is 3.66. The van der Waals surface area contributed by atoms with Crippen molar-refractivity contribution < 1.29 is 14.6 Å². The average molecular weight is 279 g/mol. The molecule has 2 atom stereocenters. The molecule has 2 aliphatic rings. The van der Waals surface area contributed by atoms with E-state index in [4.69, 9.17) is 9.84 Å². The molecule has 2 heterocycles. The van der Waals surface area contributed by atoms with E-state index in [2.05, 4.69) is 5.32 Å². The van der Waals surface area contributed by atoms with Crippen LogP contribution in [-0.2, 0) is 4.79 Å². The Morgan fingerprint density at radius 3 is 2.79 bits per heavy atom. The van der Waals surface area contributed by atoms with E-state index in [0.717, 1.165) is 22.8 Å². The fraction of sp³-hybridized carbons (Fsp3) is 0.500. The van der Waals surface area contributed by atoms with Crippen molar-refractivity contribution in [3.63, 3.8) is 0 Å². The second kappa shape index (κ2) is 5.43. The van der Waals surface area contributed by atoms with Gasteiger partial charge in [0.2, 0.25) is 0 Å². The van der Waals surface area contributed by atoms with Crippen LogP contribution in [0.4, 0.5) is 0 Å². The number of thioether (sulfide) groups is 1. The molecule has 4 nitrogen and oxygen atoms in total. The van der Waals surface area contributed by atoms with Gasteiger partial charge in [0.15, 0.2) is 0 Å². The number of carboxylic acids is 1. The number of nitrogens with one attached hydrogen (secondary N) is 1. The molecule has 2 fully saturated rings. The Balaban J connectivity index is 1.74. The van der Waals surface area contributed by atoms with Crippen LogP contribution in [0.1, 0.15) is 18.0 Å². The van der Waals surface area contributed by atoms with Gasteiger partial charge in [-0.3, -0.25) is 4.79 Å². The molecule has 0 spiro atoms. The number of para-hydroxylation sites is 1. The Labute approximate surface area is 116 Å². The van der Waals surface area contributed by atoms with Crippen molar-refractivity contribution in [1.82, 2.24) is 5.32 Å². The quantitative estimate of drug-likeness (QED) is 0.882. The fourth-order valence-electron chi connectivity index (χ4n) is 2.50. The molecule has 0 bridgehead atoms. The van der Waals surface area contributed by atoms with Crippen LogP contribution in [0.2, 0.25) is 0 Å². The van der Waals surface area contributed by atoms with Gasteiger partial charge < -0.3 is 15.2 Å². The molecule has 3 rings (SSSR count). The fourth-order valence-corrected chi connectivity index (χ4v) is 3.06. The predicted molar refractivity (Wildman–Crippen MR) is 74.7 cm³/mol. The summed E-state index contributed by atoms with van der Waals surface area (Å²) in [6.45, 7) is 0.535. The van der Waals surface area contributed by atoms with Crippen LogP contribution in [0.25, 0.3) is 0 Å². The molecule has 2 aliphatic heterocycles. The number of rotatable bonds is 4. The predicted octanol–water partition coefficient (Wildman–Crippen LogP) is 1.92. The molecule has 0 amide bonds. The summed E-state index contributed by atoms with van der Waals surface area (Å²) < 4.78 is 5.98. The van der Waals surface area contributed by atoms with Gasteiger partial charge in [-0.1, -0.05) is 18.2 Å². The standard InChI is InChI=1S/C14H17NO3S/c16-14(17)9-5-12(15-6-9)11-3-1-2-4-13(11)18-10-7-19-8-10/h1-4,9-10,12,15H,5-8H2,(H,16,17). The Morgan fingerprint density at radius 1 is 1.37 bits per heavy atom. The smallest absolute Gasteiger partial charge is 0.307 e. The van der Waals surface area contributed by atoms with Crippen LogP contribution in [0, 0.1) is 5.92 Å². The molecule has 19 heavy (non-hydrogen) atoms. The van der Waals surface area contributed by atoms with E-state index in [9.17, 15) is 4.79 Å². The van der Waals surface area contributed by atoms with Crippen molar-refractivity contribution in [2.75, 3.05) is 18.1 Å². The van der Waals surface area contributed by atoms with E-state index >= 15 is 0 Å². The van der Waals surface area contributed by atoms with Gasteiger partial charge in [-0.25, -0.2) is 0 Å². The molecule has 1 aromatic rings. The molecular weight excluding hydrogens is 262 g/mol. The van der Waals surface area contributed by atoms with Gasteiger partial charge in [0.25, 0.3) is 0 Å². The molecule has 102 valence electrons. The molecule has 5 heteroatoms. The summed E-state index contributed by atoms with van der Waals surface area (Å²) in [6, 6.07) is 8.05. The van der Waals surface area contributed by atoms with Crippen molar-refractivity contribution in [3.05, 3.63) is 29.8 Å². The minimum Gasteiger partial charge on any atom is -0.488 e. The lowest BCUT2D eigenvalue weighted by Gasteiger charge is -2.28. The van der Waals surface area contributed by atoms with Gasteiger partial charge in [0.05, 0.1) is 5.92 Å². The summed E-state index contributed by atoms with van der Waals surface area (Å²) in [5.74, 6) is 1.98. The number of benzene rings is 1. The number of hydrogen-bond acceptors (Lipinski definition) is 4. The SMILES string of the molecule is O=C(O)C1CNC(c2ccccc2OC2CSC2)C1. The summed E-state index contributed by atoms with van der Waals surface area (Å²) in [5, 5.41) is 12.4. The second-order valence-electron chi connectivity index (χ2n) is 5.05. The third kappa shape index (κ3) is 2.72. The molecule has 2 unspecified atom stereocenters. The second-order valence-corrected chi connectivity index (χ2v) is 6.12. The minimum absolute atomic E-state index is 0.0880. The van der Waals surface area contributed by atoms with Crippen LogP contribution in [-0.4, -0.2) is 35.2 Å². The van der Waals surface area contributed by atoms with Gasteiger partial charge in [-0.05, 0) is 12.5 Å². The van der Waals surface area contributed by atoms with E-state index in [0.29, 0.717) is 19.1 Å². The lowest BCUT2D eigenvalue weighted by Crippen LogP contribution is -2.31. The first-order valence-corrected chi connectivity index (χ1v) is 7.69. The van der Waals surface area contributed by atoms with E-state index in [1.54, 1.807) is 0 Å². The van der Waals surface area contributed by atoms with Crippen LogP contribution in [0.5, 0.6) is 5.75 Å². The Hall–Kier alpha value is -1.20. The topological polar surface area (TPSA) is 58.6 Å². The maximum Gasteiger partial charge on any atom is 0.307 e. The summed E-state index contributed by atoms with van der Waals surface area (Å²) in [6.07, 6.45) is 0.942. The third-order valence-electron chi connectivity index (χ3n) is 3.68. The molecule has 0 aliphatic carbocycles. The first-order chi connectivity index (χ1) is 9.24. The van der Waals surface area contributed by atoms with Crippen LogP contribution >= 0.6 is 11.8 Å². The third-order valence-corrected chi connectivity index (χ3v) is 4.89. The molecule has 2 saturated heterocycles. The average Bonchev–Trinajstić information content (AvgIpc) is 2.84. The van der Waals surface area contributed by atoms with E-state index in [-0.39, 0.29) is 12.0 Å². The lowest BCUT2D eigenvalue weighted by molar-refractivity contribution is -0.141. The highest BCUT2D eigenvalue weighted by Gasteiger charge is 2.32. The normalized spacial score (nSPS) is 26.9. The van der Waals surface area contributed by atoms with Crippen molar-refractivity contribution in [3.8, 4) is 5.75 Å². The van der Waals surface area contributed by atoms with Crippen LogP contribution in [0.15, 0.2) is 24.3 Å². The van der Waals surface area contributed by atoms with Gasteiger partial charge in [0.1, 0.15) is 11.9 Å². The first-order valence-electron chi connectivity index (χ1n) is 6.53. The zero-order valence-corrected chi connectivity index (χ0v) is 11.4. The minimum atomic E-state index is -0.719. The van der Waals surface area contributed by atoms with E-state index < -0.39 is 5.97 Å². The molecule has 2 N–H and O–H groups in total. The van der Waals surface area contributed by atoms with Crippen molar-refractivity contribution in [2.24, 2.45) is 5.92 Å². The monoisotopic (exact) mass is 279 g/mol. The van der Waals surface area contributed by atoms with Crippen molar-refractivity contribution >= 4 is 17.7 Å². The maximum absolute atomic E-state index is 11.0. The summed E-state index contributed by atoms with van der Waals surface area (Å²) in [5.41, 5.74) is 1.09. The molecular formula is C14H17NO3S. The van der Waals surface area contributed by atoms with Crippen LogP contribution < -0.4 is 10.1 Å². The highest BCUT2D eigenvalue weighted by molar-refractivity contribution is 8.00. The van der Waals surface area contributed by atoms with E-state index in [1.165, 1.54) is 0 Å². The van der Waals surface area contributed by atoms with Crippen LogP contribution in [0.3, 0.4) is 0 Å². The van der Waals surface area contributed by atoms with Gasteiger partial charge in [-0.15, -0.1) is 0 Å². The first kappa shape index (κ1) is 12.8. The van der Waals surface area contributed by atoms with Gasteiger partial charge in [0, 0.05) is 29.7 Å². The molecule has 1 aromatic carbocycles.